The predicted octanol–water partition coefficient (Wildman–Crippen LogP) is 7.66. The van der Waals surface area contributed by atoms with Crippen LogP contribution < -0.4 is 10.0 Å². The summed E-state index contributed by atoms with van der Waals surface area (Å²) in [5.74, 6) is -0.106. The molecule has 0 aliphatic heterocycles. The van der Waals surface area contributed by atoms with E-state index in [4.69, 9.17) is 10.1 Å². The lowest BCUT2D eigenvalue weighted by molar-refractivity contribution is -0.274. The number of ether oxygens (including phenoxy) is 1. The molecular weight excluding hydrogens is 576 g/mol. The van der Waals surface area contributed by atoms with Gasteiger partial charge in [-0.1, -0.05) is 63.2 Å². The Kier molecular flexibility index (Phi) is 8.29. The lowest BCUT2D eigenvalue weighted by atomic mass is 9.96. The van der Waals surface area contributed by atoms with Crippen LogP contribution in [0.5, 0.6) is 5.75 Å². The van der Waals surface area contributed by atoms with E-state index in [0.29, 0.717) is 51.7 Å². The minimum atomic E-state index is -4.96. The van der Waals surface area contributed by atoms with E-state index in [1.165, 1.54) is 16.8 Å². The number of benzene rings is 3. The summed E-state index contributed by atoms with van der Waals surface area (Å²) in [4.78, 5) is 7.97. The van der Waals surface area contributed by atoms with E-state index in [0.717, 1.165) is 11.1 Å². The molecule has 11 heteroatoms. The smallest absolute Gasteiger partial charge is 0.403 e. The van der Waals surface area contributed by atoms with Gasteiger partial charge in [-0.15, -0.1) is 13.2 Å². The molecule has 0 saturated heterocycles. The fourth-order valence-corrected chi connectivity index (χ4v) is 6.48. The third kappa shape index (κ3) is 6.26. The van der Waals surface area contributed by atoms with Gasteiger partial charge in [-0.3, -0.25) is 0 Å². The van der Waals surface area contributed by atoms with E-state index < -0.39 is 25.4 Å². The first kappa shape index (κ1) is 30.6. The number of hydrogen-bond acceptors (Lipinski definition) is 5. The highest BCUT2D eigenvalue weighted by Crippen LogP contribution is 2.43. The summed E-state index contributed by atoms with van der Waals surface area (Å²) in [6, 6.07) is 19.4. The van der Waals surface area contributed by atoms with Gasteiger partial charge in [-0.25, -0.2) is 9.67 Å². The van der Waals surface area contributed by atoms with Gasteiger partial charge in [0.1, 0.15) is 24.8 Å². The molecule has 5 aromatic rings. The second-order valence-electron chi connectivity index (χ2n) is 11.1. The molecule has 0 saturated carbocycles. The van der Waals surface area contributed by atoms with Crippen LogP contribution in [0.15, 0.2) is 66.7 Å². The van der Waals surface area contributed by atoms with Crippen LogP contribution in [0.3, 0.4) is 0 Å². The third-order valence-corrected chi connectivity index (χ3v) is 10.2. The highest BCUT2D eigenvalue weighted by atomic mass is 31.2. The maximum absolute atomic E-state index is 13.6. The molecule has 2 aromatic heterocycles. The largest absolute Gasteiger partial charge is 0.573 e. The zero-order valence-electron chi connectivity index (χ0n) is 24.6. The van der Waals surface area contributed by atoms with Crippen molar-refractivity contribution in [1.82, 2.24) is 19.7 Å². The molecule has 0 amide bonds. The number of aromatic nitrogens is 4. The van der Waals surface area contributed by atoms with Gasteiger partial charge >= 0.3 is 6.36 Å². The normalized spacial score (nSPS) is 14.3. The van der Waals surface area contributed by atoms with E-state index in [1.807, 2.05) is 62.4 Å². The number of halogens is 3. The number of aromatic amines is 1. The number of rotatable bonds is 9. The van der Waals surface area contributed by atoms with Crippen molar-refractivity contribution < 1.29 is 27.6 Å². The van der Waals surface area contributed by atoms with E-state index in [9.17, 15) is 22.8 Å². The number of hydrogen-bond donors (Lipinski definition) is 2. The van der Waals surface area contributed by atoms with Crippen LogP contribution in [0, 0.1) is 6.92 Å². The van der Waals surface area contributed by atoms with Crippen LogP contribution in [-0.2, 0) is 11.0 Å². The van der Waals surface area contributed by atoms with Gasteiger partial charge in [-0.2, -0.15) is 5.10 Å². The fourth-order valence-electron chi connectivity index (χ4n) is 5.33. The van der Waals surface area contributed by atoms with E-state index >= 15 is 0 Å². The minimum Gasteiger partial charge on any atom is -0.403 e. The third-order valence-electron chi connectivity index (χ3n) is 7.66. The Morgan fingerprint density at radius 1 is 1.07 bits per heavy atom. The summed E-state index contributed by atoms with van der Waals surface area (Å²) in [7, 11) is -2.87. The Morgan fingerprint density at radius 2 is 1.79 bits per heavy atom. The van der Waals surface area contributed by atoms with Gasteiger partial charge in [0.2, 0.25) is 0 Å². The lowest BCUT2D eigenvalue weighted by Crippen LogP contribution is -2.20. The van der Waals surface area contributed by atoms with Gasteiger partial charge in [-0.05, 0) is 49.3 Å². The summed E-state index contributed by atoms with van der Waals surface area (Å²) < 4.78 is 59.6. The molecule has 7 nitrogen and oxygen atoms in total. The summed E-state index contributed by atoms with van der Waals surface area (Å²) in [6.07, 6.45) is -5.15. The molecule has 2 atom stereocenters. The van der Waals surface area contributed by atoms with Crippen molar-refractivity contribution in [2.45, 2.75) is 52.5 Å². The zero-order chi connectivity index (χ0) is 31.1. The SMILES string of the molecule is CC[P@@](C)(=O)c1ccc(-n2nc(-c3cccc4[nH]c([C@@H](O)Cc5ccccc5)nc34)c(C(C)C)c2C)c(OC(F)(F)F)c1. The number of alkyl halides is 3. The van der Waals surface area contributed by atoms with Crippen molar-refractivity contribution in [3.63, 3.8) is 0 Å². The zero-order valence-corrected chi connectivity index (χ0v) is 25.5. The Balaban J connectivity index is 1.64. The maximum Gasteiger partial charge on any atom is 0.573 e. The molecule has 5 rings (SSSR count). The number of H-pyrrole nitrogens is 1. The molecule has 0 unspecified atom stereocenters. The number of imidazole rings is 1. The molecular formula is C32H34F3N4O3P. The van der Waals surface area contributed by atoms with Crippen LogP contribution in [0.25, 0.3) is 28.0 Å². The number of fused-ring (bicyclic) bond motifs is 1. The number of nitrogens with one attached hydrogen (secondary N) is 1. The van der Waals surface area contributed by atoms with Crippen LogP contribution in [-0.4, -0.2) is 44.0 Å². The van der Waals surface area contributed by atoms with E-state index in [1.54, 1.807) is 26.6 Å². The minimum absolute atomic E-state index is 0.0386. The van der Waals surface area contributed by atoms with Crippen molar-refractivity contribution in [3.05, 3.63) is 89.4 Å². The Morgan fingerprint density at radius 3 is 2.44 bits per heavy atom. The molecule has 2 N–H and O–H groups in total. The predicted molar refractivity (Wildman–Crippen MR) is 163 cm³/mol. The standard InChI is InChI=1S/C32H34F3N4O3P/c1-6-43(5,41)22-15-16-25(27(18-22)42-32(33,34)35)39-20(4)28(19(2)3)30(38-39)23-13-10-14-24-29(23)37-31(36-24)26(40)17-21-11-8-7-9-12-21/h7-16,18-19,26,40H,6,17H2,1-5H3,(H,36,37)/t26-,43+/m0/s1. The monoisotopic (exact) mass is 610 g/mol. The lowest BCUT2D eigenvalue weighted by Gasteiger charge is -2.18. The van der Waals surface area contributed by atoms with Crippen molar-refractivity contribution in [2.24, 2.45) is 0 Å². The summed E-state index contributed by atoms with van der Waals surface area (Å²) in [5.41, 5.74) is 5.04. The molecule has 0 aliphatic carbocycles. The molecule has 43 heavy (non-hydrogen) atoms. The molecule has 3 aromatic carbocycles. The molecule has 226 valence electrons. The van der Waals surface area contributed by atoms with Crippen molar-refractivity contribution >= 4 is 23.5 Å². The number of para-hydroxylation sites is 1. The molecule has 0 radical (unpaired) electrons. The van der Waals surface area contributed by atoms with Gasteiger partial charge < -0.3 is 19.4 Å². The molecule has 0 spiro atoms. The summed E-state index contributed by atoms with van der Waals surface area (Å²) in [6.45, 7) is 9.06. The number of nitrogens with zero attached hydrogens (tertiary/aromatic N) is 3. The van der Waals surface area contributed by atoms with Crippen molar-refractivity contribution in [2.75, 3.05) is 12.8 Å². The maximum atomic E-state index is 13.6. The van der Waals surface area contributed by atoms with Gasteiger partial charge in [0, 0.05) is 34.7 Å². The number of aliphatic hydroxyl groups excluding tert-OH is 1. The first-order chi connectivity index (χ1) is 20.3. The van der Waals surface area contributed by atoms with Crippen molar-refractivity contribution in [1.29, 1.82) is 0 Å². The average Bonchev–Trinajstić information content (AvgIpc) is 3.54. The second-order valence-corrected chi connectivity index (χ2v) is 14.4. The van der Waals surface area contributed by atoms with Crippen LogP contribution >= 0.6 is 7.14 Å². The molecule has 0 aliphatic rings. The molecule has 2 heterocycles. The average molecular weight is 611 g/mol. The highest BCUT2D eigenvalue weighted by Gasteiger charge is 2.34. The Bertz CT molecular complexity index is 1810. The summed E-state index contributed by atoms with van der Waals surface area (Å²) >= 11 is 0. The topological polar surface area (TPSA) is 93.0 Å². The highest BCUT2D eigenvalue weighted by molar-refractivity contribution is 7.70. The first-order valence-electron chi connectivity index (χ1n) is 14.1. The quantitative estimate of drug-likeness (QED) is 0.167. The molecule has 0 bridgehead atoms. The van der Waals surface area contributed by atoms with Gasteiger partial charge in [0.25, 0.3) is 0 Å². The van der Waals surface area contributed by atoms with E-state index in [2.05, 4.69) is 9.72 Å². The Hall–Kier alpha value is -3.88. The van der Waals surface area contributed by atoms with Gasteiger partial charge in [0.15, 0.2) is 5.75 Å². The van der Waals surface area contributed by atoms with Gasteiger partial charge in [0.05, 0.1) is 16.7 Å². The Labute approximate surface area is 248 Å². The second kappa shape index (κ2) is 11.7. The first-order valence-corrected chi connectivity index (χ1v) is 16.4. The van der Waals surface area contributed by atoms with Crippen LogP contribution in [0.2, 0.25) is 0 Å². The summed E-state index contributed by atoms with van der Waals surface area (Å²) in [5, 5.41) is 16.1. The number of aliphatic hydroxyl groups is 1. The van der Waals surface area contributed by atoms with Crippen LogP contribution in [0.1, 0.15) is 55.4 Å². The van der Waals surface area contributed by atoms with E-state index in [-0.39, 0.29) is 11.6 Å². The van der Waals surface area contributed by atoms with Crippen LogP contribution in [0.4, 0.5) is 13.2 Å². The molecule has 0 fully saturated rings. The van der Waals surface area contributed by atoms with Crippen molar-refractivity contribution in [3.8, 4) is 22.7 Å². The fraction of sp³-hybridized carbons (Fsp3) is 0.312.